The molecule has 6 nitrogen and oxygen atoms in total. The second-order valence-corrected chi connectivity index (χ2v) is 9.19. The molecule has 176 valence electrons. The Labute approximate surface area is 198 Å². The molecule has 1 atom stereocenters. The van der Waals surface area contributed by atoms with Crippen molar-refractivity contribution in [3.05, 3.63) is 47.4 Å². The van der Waals surface area contributed by atoms with Crippen LogP contribution >= 0.6 is 0 Å². The van der Waals surface area contributed by atoms with Gasteiger partial charge in [0.25, 0.3) is 0 Å². The SMILES string of the molecule is CCc1c(F)ccc2cc(O)cc(-c3ncc4c(N5CCCC(C)C5)nc(OC)nc4c3C)c12. The highest BCUT2D eigenvalue weighted by Gasteiger charge is 2.24. The minimum absolute atomic E-state index is 0.112. The van der Waals surface area contributed by atoms with Gasteiger partial charge in [0.2, 0.25) is 0 Å². The molecule has 0 aliphatic carbocycles. The van der Waals surface area contributed by atoms with Crippen molar-refractivity contribution in [2.45, 2.75) is 40.0 Å². The molecule has 1 saturated heterocycles. The van der Waals surface area contributed by atoms with E-state index in [4.69, 9.17) is 9.72 Å². The van der Waals surface area contributed by atoms with E-state index < -0.39 is 0 Å². The van der Waals surface area contributed by atoms with E-state index >= 15 is 0 Å². The topological polar surface area (TPSA) is 71.4 Å². The maximum atomic E-state index is 14.7. The van der Waals surface area contributed by atoms with Gasteiger partial charge < -0.3 is 14.7 Å². The summed E-state index contributed by atoms with van der Waals surface area (Å²) in [6, 6.07) is 6.78. The fraction of sp³-hybridized carbons (Fsp3) is 0.370. The third-order valence-electron chi connectivity index (χ3n) is 6.84. The van der Waals surface area contributed by atoms with E-state index in [2.05, 4.69) is 21.8 Å². The smallest absolute Gasteiger partial charge is 0.318 e. The number of pyridine rings is 1. The number of aromatic nitrogens is 3. The number of aryl methyl sites for hydroxylation is 2. The molecule has 1 unspecified atom stereocenters. The largest absolute Gasteiger partial charge is 0.508 e. The summed E-state index contributed by atoms with van der Waals surface area (Å²) in [5.41, 5.74) is 3.54. The van der Waals surface area contributed by atoms with Gasteiger partial charge in [0.15, 0.2) is 0 Å². The molecule has 1 aliphatic rings. The number of methoxy groups -OCH3 is 1. The number of phenols is 1. The predicted octanol–water partition coefficient (Wildman–Crippen LogP) is 5.81. The lowest BCUT2D eigenvalue weighted by atomic mass is 9.93. The molecular weight excluding hydrogens is 431 g/mol. The number of halogens is 1. The van der Waals surface area contributed by atoms with Gasteiger partial charge in [-0.3, -0.25) is 4.98 Å². The van der Waals surface area contributed by atoms with E-state index in [1.54, 1.807) is 31.5 Å². The minimum Gasteiger partial charge on any atom is -0.508 e. The lowest BCUT2D eigenvalue weighted by Gasteiger charge is -2.32. The van der Waals surface area contributed by atoms with Crippen LogP contribution in [0, 0.1) is 18.7 Å². The van der Waals surface area contributed by atoms with Crippen LogP contribution in [0.25, 0.3) is 32.9 Å². The van der Waals surface area contributed by atoms with Gasteiger partial charge >= 0.3 is 6.01 Å². The number of anilines is 1. The summed E-state index contributed by atoms with van der Waals surface area (Å²) in [5, 5.41) is 12.9. The summed E-state index contributed by atoms with van der Waals surface area (Å²) in [4.78, 5) is 16.5. The Morgan fingerprint density at radius 3 is 2.79 bits per heavy atom. The first-order valence-corrected chi connectivity index (χ1v) is 11.8. The van der Waals surface area contributed by atoms with Crippen LogP contribution in [0.1, 0.15) is 37.8 Å². The molecule has 34 heavy (non-hydrogen) atoms. The number of rotatable bonds is 4. The molecule has 0 radical (unpaired) electrons. The maximum absolute atomic E-state index is 14.7. The van der Waals surface area contributed by atoms with E-state index in [-0.39, 0.29) is 11.6 Å². The molecule has 0 saturated carbocycles. The van der Waals surface area contributed by atoms with Gasteiger partial charge in [0.1, 0.15) is 17.4 Å². The Morgan fingerprint density at radius 2 is 2.06 bits per heavy atom. The summed E-state index contributed by atoms with van der Waals surface area (Å²) in [7, 11) is 1.57. The van der Waals surface area contributed by atoms with Crippen LogP contribution < -0.4 is 9.64 Å². The normalized spacial score (nSPS) is 16.4. The van der Waals surface area contributed by atoms with Crippen molar-refractivity contribution >= 4 is 27.5 Å². The molecule has 1 N–H and O–H groups in total. The highest BCUT2D eigenvalue weighted by Crippen LogP contribution is 2.39. The highest BCUT2D eigenvalue weighted by atomic mass is 19.1. The van der Waals surface area contributed by atoms with E-state index in [1.165, 1.54) is 12.5 Å². The van der Waals surface area contributed by atoms with E-state index in [0.29, 0.717) is 35.2 Å². The summed E-state index contributed by atoms with van der Waals surface area (Å²) in [5.74, 6) is 1.27. The van der Waals surface area contributed by atoms with Crippen LogP contribution in [-0.2, 0) is 6.42 Å². The van der Waals surface area contributed by atoms with Crippen LogP contribution in [0.3, 0.4) is 0 Å². The predicted molar refractivity (Wildman–Crippen MR) is 133 cm³/mol. The van der Waals surface area contributed by atoms with Gasteiger partial charge in [0.05, 0.1) is 23.7 Å². The standard InChI is InChI=1S/C27H29FN4O2/c1-5-19-22(28)9-8-17-11-18(33)12-20(23(17)19)24-16(3)25-21(13-29-24)26(31-27(30-25)34-4)32-10-6-7-15(2)14-32/h8-9,11-13,15,33H,5-7,10,14H2,1-4H3. The van der Waals surface area contributed by atoms with Crippen molar-refractivity contribution < 1.29 is 14.2 Å². The van der Waals surface area contributed by atoms with Crippen LogP contribution in [0.2, 0.25) is 0 Å². The van der Waals surface area contributed by atoms with Crippen molar-refractivity contribution in [2.24, 2.45) is 5.92 Å². The zero-order valence-electron chi connectivity index (χ0n) is 20.0. The Bertz CT molecular complexity index is 1410. The van der Waals surface area contributed by atoms with Crippen LogP contribution in [0.4, 0.5) is 10.2 Å². The first-order valence-electron chi connectivity index (χ1n) is 11.8. The number of hydrogen-bond acceptors (Lipinski definition) is 6. The van der Waals surface area contributed by atoms with Crippen molar-refractivity contribution in [3.63, 3.8) is 0 Å². The quantitative estimate of drug-likeness (QED) is 0.415. The highest BCUT2D eigenvalue weighted by molar-refractivity contribution is 6.03. The van der Waals surface area contributed by atoms with E-state index in [9.17, 15) is 9.50 Å². The molecule has 1 fully saturated rings. The molecule has 1 aliphatic heterocycles. The van der Waals surface area contributed by atoms with Gasteiger partial charge in [-0.2, -0.15) is 9.97 Å². The lowest BCUT2D eigenvalue weighted by Crippen LogP contribution is -2.35. The summed E-state index contributed by atoms with van der Waals surface area (Å²) in [6.45, 7) is 7.99. The average Bonchev–Trinajstić information content (AvgIpc) is 2.83. The fourth-order valence-electron chi connectivity index (χ4n) is 5.20. The first-order chi connectivity index (χ1) is 16.4. The number of phenolic OH excluding ortho intramolecular Hbond substituents is 1. The molecule has 0 amide bonds. The van der Waals surface area contributed by atoms with Gasteiger partial charge in [-0.05, 0) is 66.6 Å². The molecule has 2 aromatic carbocycles. The molecule has 0 bridgehead atoms. The summed E-state index contributed by atoms with van der Waals surface area (Å²) >= 11 is 0. The van der Waals surface area contributed by atoms with Crippen LogP contribution in [-0.4, -0.2) is 40.3 Å². The zero-order valence-corrected chi connectivity index (χ0v) is 20.0. The molecular formula is C27H29FN4O2. The number of benzene rings is 2. The van der Waals surface area contributed by atoms with E-state index in [1.807, 2.05) is 13.8 Å². The Kier molecular flexibility index (Phi) is 5.71. The number of hydrogen-bond donors (Lipinski definition) is 1. The third-order valence-corrected chi connectivity index (χ3v) is 6.84. The van der Waals surface area contributed by atoms with Gasteiger partial charge in [-0.15, -0.1) is 0 Å². The number of aromatic hydroxyl groups is 1. The zero-order chi connectivity index (χ0) is 24.0. The minimum atomic E-state index is -0.258. The molecule has 3 heterocycles. The number of fused-ring (bicyclic) bond motifs is 2. The van der Waals surface area contributed by atoms with Crippen molar-refractivity contribution in [1.29, 1.82) is 0 Å². The monoisotopic (exact) mass is 460 g/mol. The number of ether oxygens (including phenoxy) is 1. The lowest BCUT2D eigenvalue weighted by molar-refractivity contribution is 0.380. The average molecular weight is 461 g/mol. The number of piperidine rings is 1. The van der Waals surface area contributed by atoms with Crippen molar-refractivity contribution in [2.75, 3.05) is 25.1 Å². The first kappa shape index (κ1) is 22.3. The Balaban J connectivity index is 1.78. The van der Waals surface area contributed by atoms with Gasteiger partial charge in [0, 0.05) is 30.4 Å². The van der Waals surface area contributed by atoms with Crippen LogP contribution in [0.5, 0.6) is 11.8 Å². The van der Waals surface area contributed by atoms with E-state index in [0.717, 1.165) is 52.6 Å². The number of nitrogens with zero attached hydrogens (tertiary/aromatic N) is 4. The summed E-state index contributed by atoms with van der Waals surface area (Å²) in [6.07, 6.45) is 4.65. The third kappa shape index (κ3) is 3.69. The maximum Gasteiger partial charge on any atom is 0.318 e. The van der Waals surface area contributed by atoms with Crippen molar-refractivity contribution in [3.8, 4) is 23.0 Å². The molecule has 5 rings (SSSR count). The Hall–Kier alpha value is -3.48. The van der Waals surface area contributed by atoms with Crippen LogP contribution in [0.15, 0.2) is 30.5 Å². The Morgan fingerprint density at radius 1 is 1.24 bits per heavy atom. The molecule has 0 spiro atoms. The summed E-state index contributed by atoms with van der Waals surface area (Å²) < 4.78 is 20.2. The second-order valence-electron chi connectivity index (χ2n) is 9.19. The second kappa shape index (κ2) is 8.70. The van der Waals surface area contributed by atoms with Gasteiger partial charge in [-0.1, -0.05) is 19.9 Å². The molecule has 4 aromatic rings. The van der Waals surface area contributed by atoms with Gasteiger partial charge in [-0.25, -0.2) is 4.39 Å². The molecule has 2 aromatic heterocycles. The molecule has 7 heteroatoms. The van der Waals surface area contributed by atoms with Crippen molar-refractivity contribution in [1.82, 2.24) is 15.0 Å². The fourth-order valence-corrected chi connectivity index (χ4v) is 5.20.